The number of nitrogens with one attached hydrogen (secondary N) is 1. The van der Waals surface area contributed by atoms with Crippen molar-refractivity contribution in [2.45, 2.75) is 39.5 Å². The molecular formula is C17H21NO4. The highest BCUT2D eigenvalue weighted by Crippen LogP contribution is 2.33. The van der Waals surface area contributed by atoms with E-state index in [1.807, 2.05) is 13.8 Å². The number of carbonyl (C=O) groups excluding carboxylic acids is 1. The molecule has 0 aliphatic heterocycles. The second kappa shape index (κ2) is 5.48. The Morgan fingerprint density at radius 1 is 1.27 bits per heavy atom. The molecule has 0 unspecified atom stereocenters. The second-order valence-electron chi connectivity index (χ2n) is 6.21. The van der Waals surface area contributed by atoms with Crippen LogP contribution in [0, 0.1) is 13.8 Å². The lowest BCUT2D eigenvalue weighted by Crippen LogP contribution is -2.30. The number of rotatable bonds is 3. The van der Waals surface area contributed by atoms with Gasteiger partial charge < -0.3 is 14.8 Å². The van der Waals surface area contributed by atoms with Gasteiger partial charge in [0.1, 0.15) is 17.1 Å². The lowest BCUT2D eigenvalue weighted by Gasteiger charge is -2.24. The lowest BCUT2D eigenvalue weighted by molar-refractivity contribution is -0.121. The van der Waals surface area contributed by atoms with Crippen LogP contribution in [-0.2, 0) is 10.2 Å². The van der Waals surface area contributed by atoms with Crippen LogP contribution in [0.5, 0.6) is 5.75 Å². The summed E-state index contributed by atoms with van der Waals surface area (Å²) in [5.74, 6) is 0.427. The molecule has 0 radical (unpaired) electrons. The minimum absolute atomic E-state index is 0.0783. The number of amides is 1. The average molecular weight is 303 g/mol. The predicted molar refractivity (Wildman–Crippen MR) is 85.3 cm³/mol. The Balaban J connectivity index is 2.75. The number of carbonyl (C=O) groups is 1. The van der Waals surface area contributed by atoms with Crippen molar-refractivity contribution >= 4 is 16.9 Å². The van der Waals surface area contributed by atoms with Gasteiger partial charge in [-0.2, -0.15) is 0 Å². The minimum atomic E-state index is -0.630. The fourth-order valence-corrected chi connectivity index (χ4v) is 2.69. The van der Waals surface area contributed by atoms with E-state index in [0.29, 0.717) is 27.9 Å². The van der Waals surface area contributed by atoms with Crippen molar-refractivity contribution in [3.05, 3.63) is 39.2 Å². The van der Waals surface area contributed by atoms with E-state index in [1.54, 1.807) is 27.0 Å². The van der Waals surface area contributed by atoms with Gasteiger partial charge in [0.2, 0.25) is 5.91 Å². The van der Waals surface area contributed by atoms with Crippen molar-refractivity contribution in [1.82, 2.24) is 5.32 Å². The van der Waals surface area contributed by atoms with E-state index in [1.165, 1.54) is 6.07 Å². The number of hydrogen-bond acceptors (Lipinski definition) is 4. The Bertz CT molecular complexity index is 802. The normalized spacial score (nSPS) is 11.7. The summed E-state index contributed by atoms with van der Waals surface area (Å²) in [4.78, 5) is 24.3. The molecule has 1 aromatic carbocycles. The third kappa shape index (κ3) is 2.58. The Labute approximate surface area is 129 Å². The van der Waals surface area contributed by atoms with E-state index >= 15 is 0 Å². The number of phenolic OH excluding ortho intramolecular Hbond substituents is 1. The summed E-state index contributed by atoms with van der Waals surface area (Å²) >= 11 is 0. The molecule has 118 valence electrons. The number of aryl methyl sites for hydroxylation is 1. The average Bonchev–Trinajstić information content (AvgIpc) is 2.45. The number of phenols is 1. The maximum absolute atomic E-state index is 12.6. The Morgan fingerprint density at radius 2 is 1.91 bits per heavy atom. The summed E-state index contributed by atoms with van der Waals surface area (Å²) in [5.41, 5.74) is 0.619. The predicted octanol–water partition coefficient (Wildman–Crippen LogP) is 2.53. The van der Waals surface area contributed by atoms with Gasteiger partial charge in [-0.05, 0) is 26.0 Å². The third-order valence-electron chi connectivity index (χ3n) is 4.00. The molecule has 1 amide bonds. The van der Waals surface area contributed by atoms with Crippen LogP contribution in [-0.4, -0.2) is 18.1 Å². The summed E-state index contributed by atoms with van der Waals surface area (Å²) in [7, 11) is 1.57. The molecule has 0 fully saturated rings. The van der Waals surface area contributed by atoms with Gasteiger partial charge >= 0.3 is 0 Å². The van der Waals surface area contributed by atoms with E-state index in [4.69, 9.17) is 4.42 Å². The van der Waals surface area contributed by atoms with Crippen molar-refractivity contribution in [3.8, 4) is 5.75 Å². The van der Waals surface area contributed by atoms with Crippen molar-refractivity contribution < 1.29 is 14.3 Å². The summed E-state index contributed by atoms with van der Waals surface area (Å²) in [6, 6.07) is 3.05. The first-order valence-electron chi connectivity index (χ1n) is 7.16. The van der Waals surface area contributed by atoms with Crippen LogP contribution in [0.4, 0.5) is 0 Å². The molecule has 0 bridgehead atoms. The Morgan fingerprint density at radius 3 is 2.50 bits per heavy atom. The zero-order valence-electron chi connectivity index (χ0n) is 13.5. The first kappa shape index (κ1) is 16.1. The molecule has 22 heavy (non-hydrogen) atoms. The maximum atomic E-state index is 12.6. The van der Waals surface area contributed by atoms with E-state index in [2.05, 4.69) is 5.32 Å². The standard InChI is InChI=1S/C17H21NO4/c1-9-12(19)7-6-11-14(21)10(2)16(22-15(9)11)17(3,4)8-13(20)18-5/h6-7,19H,8H2,1-5H3,(H,18,20). The summed E-state index contributed by atoms with van der Waals surface area (Å²) < 4.78 is 5.96. The molecule has 1 heterocycles. The van der Waals surface area contributed by atoms with Gasteiger partial charge in [0.25, 0.3) is 0 Å². The second-order valence-corrected chi connectivity index (χ2v) is 6.21. The molecule has 0 aliphatic rings. The van der Waals surface area contributed by atoms with E-state index in [-0.39, 0.29) is 23.5 Å². The quantitative estimate of drug-likeness (QED) is 0.913. The first-order valence-corrected chi connectivity index (χ1v) is 7.16. The highest BCUT2D eigenvalue weighted by atomic mass is 16.3. The van der Waals surface area contributed by atoms with Crippen molar-refractivity contribution in [3.63, 3.8) is 0 Å². The smallest absolute Gasteiger partial charge is 0.220 e. The van der Waals surface area contributed by atoms with Gasteiger partial charge in [0.15, 0.2) is 5.43 Å². The summed E-state index contributed by atoms with van der Waals surface area (Å²) in [6.07, 6.45) is 0.205. The third-order valence-corrected chi connectivity index (χ3v) is 4.00. The van der Waals surface area contributed by atoms with Crippen LogP contribution in [0.3, 0.4) is 0 Å². The number of benzene rings is 1. The van der Waals surface area contributed by atoms with Gasteiger partial charge in [-0.25, -0.2) is 0 Å². The van der Waals surface area contributed by atoms with Gasteiger partial charge in [-0.15, -0.1) is 0 Å². The molecule has 5 heteroatoms. The van der Waals surface area contributed by atoms with Crippen LogP contribution in [0.25, 0.3) is 11.0 Å². The zero-order valence-corrected chi connectivity index (χ0v) is 13.5. The van der Waals surface area contributed by atoms with E-state index in [9.17, 15) is 14.7 Å². The Kier molecular flexibility index (Phi) is 4.00. The molecule has 5 nitrogen and oxygen atoms in total. The zero-order chi connectivity index (χ0) is 16.7. The van der Waals surface area contributed by atoms with Gasteiger partial charge in [0.05, 0.1) is 5.39 Å². The maximum Gasteiger partial charge on any atom is 0.220 e. The molecule has 0 atom stereocenters. The summed E-state index contributed by atoms with van der Waals surface area (Å²) in [6.45, 7) is 7.12. The van der Waals surface area contributed by atoms with Crippen molar-refractivity contribution in [2.24, 2.45) is 0 Å². The fourth-order valence-electron chi connectivity index (χ4n) is 2.69. The molecule has 0 spiro atoms. The lowest BCUT2D eigenvalue weighted by atomic mass is 9.83. The minimum Gasteiger partial charge on any atom is -0.508 e. The molecular weight excluding hydrogens is 282 g/mol. The molecule has 1 aromatic heterocycles. The molecule has 2 aromatic rings. The largest absolute Gasteiger partial charge is 0.508 e. The van der Waals surface area contributed by atoms with Crippen LogP contribution < -0.4 is 10.7 Å². The highest BCUT2D eigenvalue weighted by molar-refractivity contribution is 5.83. The topological polar surface area (TPSA) is 79.5 Å². The van der Waals surface area contributed by atoms with E-state index < -0.39 is 5.41 Å². The number of fused-ring (bicyclic) bond motifs is 1. The van der Waals surface area contributed by atoms with Crippen LogP contribution in [0.1, 0.15) is 37.2 Å². The van der Waals surface area contributed by atoms with Crippen molar-refractivity contribution in [2.75, 3.05) is 7.05 Å². The monoisotopic (exact) mass is 303 g/mol. The SMILES string of the molecule is CNC(=O)CC(C)(C)c1oc2c(C)c(O)ccc2c(=O)c1C. The van der Waals surface area contributed by atoms with Gasteiger partial charge in [-0.3, -0.25) is 9.59 Å². The number of aromatic hydroxyl groups is 1. The molecule has 0 saturated heterocycles. The fraction of sp³-hybridized carbons (Fsp3) is 0.412. The van der Waals surface area contributed by atoms with Crippen molar-refractivity contribution in [1.29, 1.82) is 0 Å². The van der Waals surface area contributed by atoms with E-state index in [0.717, 1.165) is 0 Å². The van der Waals surface area contributed by atoms with Crippen LogP contribution in [0.15, 0.2) is 21.3 Å². The molecule has 2 N–H and O–H groups in total. The summed E-state index contributed by atoms with van der Waals surface area (Å²) in [5, 5.41) is 12.8. The Hall–Kier alpha value is -2.30. The first-order chi connectivity index (χ1) is 10.2. The highest BCUT2D eigenvalue weighted by Gasteiger charge is 2.30. The number of hydrogen-bond donors (Lipinski definition) is 2. The molecule has 0 saturated carbocycles. The van der Waals surface area contributed by atoms with Gasteiger partial charge in [-0.1, -0.05) is 13.8 Å². The molecule has 0 aliphatic carbocycles. The van der Waals surface area contributed by atoms with Gasteiger partial charge in [0, 0.05) is 30.0 Å². The molecule has 2 rings (SSSR count). The van der Waals surface area contributed by atoms with Crippen LogP contribution >= 0.6 is 0 Å². The van der Waals surface area contributed by atoms with Crippen LogP contribution in [0.2, 0.25) is 0 Å².